The van der Waals surface area contributed by atoms with E-state index in [-0.39, 0.29) is 0 Å². The van der Waals surface area contributed by atoms with Gasteiger partial charge in [0, 0.05) is 11.6 Å². The lowest BCUT2D eigenvalue weighted by Crippen LogP contribution is -2.19. The molecule has 22 heavy (non-hydrogen) atoms. The third kappa shape index (κ3) is 3.33. The Morgan fingerprint density at radius 2 is 1.91 bits per heavy atom. The van der Waals surface area contributed by atoms with Crippen molar-refractivity contribution in [2.75, 3.05) is 5.32 Å². The number of anilines is 1. The van der Waals surface area contributed by atoms with E-state index in [0.717, 1.165) is 24.2 Å². The Labute approximate surface area is 128 Å². The third-order valence-electron chi connectivity index (χ3n) is 4.11. The van der Waals surface area contributed by atoms with E-state index in [9.17, 15) is 4.79 Å². The number of nitrogens with zero attached hydrogens (tertiary/aromatic N) is 2. The van der Waals surface area contributed by atoms with Crippen molar-refractivity contribution in [3.05, 3.63) is 30.0 Å². The molecular weight excluding hydrogens is 280 g/mol. The van der Waals surface area contributed by atoms with Gasteiger partial charge in [-0.15, -0.1) is 0 Å². The smallest absolute Gasteiger partial charge is 0.274 e. The summed E-state index contributed by atoms with van der Waals surface area (Å²) in [6.45, 7) is 0. The number of amides is 1. The summed E-state index contributed by atoms with van der Waals surface area (Å²) in [6, 6.07) is 5.41. The Morgan fingerprint density at radius 1 is 1.14 bits per heavy atom. The predicted molar refractivity (Wildman–Crippen MR) is 83.9 cm³/mol. The van der Waals surface area contributed by atoms with Gasteiger partial charge in [0.2, 0.25) is 0 Å². The van der Waals surface area contributed by atoms with Crippen molar-refractivity contribution >= 4 is 22.8 Å². The van der Waals surface area contributed by atoms with Gasteiger partial charge in [-0.1, -0.05) is 25.7 Å². The van der Waals surface area contributed by atoms with Crippen molar-refractivity contribution in [3.8, 4) is 0 Å². The van der Waals surface area contributed by atoms with Crippen molar-refractivity contribution in [2.24, 2.45) is 0 Å². The van der Waals surface area contributed by atoms with Gasteiger partial charge < -0.3 is 5.32 Å². The SMILES string of the molecule is O=C(NO)c1ccc2ncc(NC3CCCCCC3)nc2c1. The molecule has 3 rings (SSSR count). The fraction of sp³-hybridized carbons (Fsp3) is 0.438. The van der Waals surface area contributed by atoms with Crippen LogP contribution in [0.4, 0.5) is 5.82 Å². The molecule has 1 saturated carbocycles. The topological polar surface area (TPSA) is 87.1 Å². The fourth-order valence-corrected chi connectivity index (χ4v) is 2.92. The zero-order chi connectivity index (χ0) is 15.4. The fourth-order valence-electron chi connectivity index (χ4n) is 2.92. The zero-order valence-corrected chi connectivity index (χ0v) is 12.4. The summed E-state index contributed by atoms with van der Waals surface area (Å²) in [5.41, 5.74) is 3.35. The molecule has 0 saturated heterocycles. The maximum absolute atomic E-state index is 11.5. The van der Waals surface area contributed by atoms with Crippen LogP contribution in [0.3, 0.4) is 0 Å². The molecule has 0 spiro atoms. The highest BCUT2D eigenvalue weighted by atomic mass is 16.5. The van der Waals surface area contributed by atoms with Gasteiger partial charge in [-0.25, -0.2) is 10.5 Å². The van der Waals surface area contributed by atoms with Gasteiger partial charge in [-0.3, -0.25) is 15.0 Å². The first-order valence-electron chi connectivity index (χ1n) is 7.74. The standard InChI is InChI=1S/C16H20N4O2/c21-16(20-22)11-7-8-13-14(9-11)19-15(10-17-13)18-12-5-3-1-2-4-6-12/h7-10,12,22H,1-6H2,(H,18,19)(H,20,21). The first kappa shape index (κ1) is 14.7. The van der Waals surface area contributed by atoms with E-state index in [1.807, 2.05) is 0 Å². The van der Waals surface area contributed by atoms with Crippen molar-refractivity contribution in [1.29, 1.82) is 0 Å². The predicted octanol–water partition coefficient (Wildman–Crippen LogP) is 2.88. The lowest BCUT2D eigenvalue weighted by molar-refractivity contribution is 0.0706. The molecule has 0 aliphatic heterocycles. The average molecular weight is 300 g/mol. The molecule has 0 atom stereocenters. The minimum Gasteiger partial charge on any atom is -0.366 e. The molecule has 1 amide bonds. The Bertz CT molecular complexity index is 666. The molecule has 116 valence electrons. The number of hydroxylamine groups is 1. The van der Waals surface area contributed by atoms with Gasteiger partial charge in [0.1, 0.15) is 5.82 Å². The van der Waals surface area contributed by atoms with Crippen LogP contribution in [-0.4, -0.2) is 27.1 Å². The molecule has 6 heteroatoms. The number of hydrogen-bond donors (Lipinski definition) is 3. The Hall–Kier alpha value is -2.21. The Balaban J connectivity index is 1.82. The second-order valence-electron chi connectivity index (χ2n) is 5.73. The monoisotopic (exact) mass is 300 g/mol. The lowest BCUT2D eigenvalue weighted by atomic mass is 10.1. The van der Waals surface area contributed by atoms with Crippen LogP contribution in [0.1, 0.15) is 48.9 Å². The van der Waals surface area contributed by atoms with Gasteiger partial charge in [0.05, 0.1) is 17.2 Å². The van der Waals surface area contributed by atoms with E-state index in [1.165, 1.54) is 25.7 Å². The van der Waals surface area contributed by atoms with Crippen LogP contribution >= 0.6 is 0 Å². The van der Waals surface area contributed by atoms with E-state index in [0.29, 0.717) is 17.1 Å². The van der Waals surface area contributed by atoms with Crippen LogP contribution in [0.2, 0.25) is 0 Å². The quantitative estimate of drug-likeness (QED) is 0.461. The van der Waals surface area contributed by atoms with Crippen LogP contribution in [0, 0.1) is 0 Å². The van der Waals surface area contributed by atoms with Crippen LogP contribution in [0.5, 0.6) is 0 Å². The average Bonchev–Trinajstić information content (AvgIpc) is 2.82. The van der Waals surface area contributed by atoms with Crippen LogP contribution in [0.25, 0.3) is 11.0 Å². The van der Waals surface area contributed by atoms with Gasteiger partial charge in [0.25, 0.3) is 5.91 Å². The summed E-state index contributed by atoms with van der Waals surface area (Å²) in [5, 5.41) is 12.2. The number of carbonyl (C=O) groups excluding carboxylic acids is 1. The number of nitrogens with one attached hydrogen (secondary N) is 2. The molecule has 0 unspecified atom stereocenters. The van der Waals surface area contributed by atoms with Gasteiger partial charge in [-0.05, 0) is 31.0 Å². The molecule has 0 bridgehead atoms. The molecule has 2 aromatic rings. The largest absolute Gasteiger partial charge is 0.366 e. The van der Waals surface area contributed by atoms with E-state index in [1.54, 1.807) is 29.9 Å². The summed E-state index contributed by atoms with van der Waals surface area (Å²) in [6.07, 6.45) is 9.17. The maximum Gasteiger partial charge on any atom is 0.274 e. The van der Waals surface area contributed by atoms with Crippen LogP contribution in [0.15, 0.2) is 24.4 Å². The van der Waals surface area contributed by atoms with E-state index in [2.05, 4.69) is 15.3 Å². The molecule has 6 nitrogen and oxygen atoms in total. The number of fused-ring (bicyclic) bond motifs is 1. The van der Waals surface area contributed by atoms with Crippen molar-refractivity contribution in [1.82, 2.24) is 15.4 Å². The maximum atomic E-state index is 11.5. The first-order valence-corrected chi connectivity index (χ1v) is 7.74. The van der Waals surface area contributed by atoms with E-state index >= 15 is 0 Å². The summed E-state index contributed by atoms with van der Waals surface area (Å²) < 4.78 is 0. The normalized spacial score (nSPS) is 16.2. The van der Waals surface area contributed by atoms with Gasteiger partial charge in [-0.2, -0.15) is 0 Å². The van der Waals surface area contributed by atoms with Crippen molar-refractivity contribution in [3.63, 3.8) is 0 Å². The number of hydrogen-bond acceptors (Lipinski definition) is 5. The molecule has 1 aliphatic carbocycles. The molecule has 1 heterocycles. The zero-order valence-electron chi connectivity index (χ0n) is 12.4. The second kappa shape index (κ2) is 6.70. The Kier molecular flexibility index (Phi) is 4.48. The van der Waals surface area contributed by atoms with E-state index in [4.69, 9.17) is 5.21 Å². The Morgan fingerprint density at radius 3 is 2.64 bits per heavy atom. The van der Waals surface area contributed by atoms with Gasteiger partial charge >= 0.3 is 0 Å². The minimum absolute atomic E-state index is 0.357. The van der Waals surface area contributed by atoms with Crippen molar-refractivity contribution < 1.29 is 10.0 Å². The summed E-state index contributed by atoms with van der Waals surface area (Å²) >= 11 is 0. The molecule has 1 aliphatic rings. The number of carbonyl (C=O) groups is 1. The summed E-state index contributed by atoms with van der Waals surface area (Å²) in [7, 11) is 0. The highest BCUT2D eigenvalue weighted by Gasteiger charge is 2.13. The van der Waals surface area contributed by atoms with Crippen LogP contribution in [-0.2, 0) is 0 Å². The highest BCUT2D eigenvalue weighted by Crippen LogP contribution is 2.21. The van der Waals surface area contributed by atoms with Gasteiger partial charge in [0.15, 0.2) is 0 Å². The molecule has 1 aromatic heterocycles. The number of aromatic nitrogens is 2. The molecule has 3 N–H and O–H groups in total. The molecular formula is C16H20N4O2. The second-order valence-corrected chi connectivity index (χ2v) is 5.73. The number of rotatable bonds is 3. The molecule has 1 fully saturated rings. The third-order valence-corrected chi connectivity index (χ3v) is 4.11. The van der Waals surface area contributed by atoms with Crippen molar-refractivity contribution in [2.45, 2.75) is 44.6 Å². The van der Waals surface area contributed by atoms with E-state index < -0.39 is 5.91 Å². The minimum atomic E-state index is -0.550. The summed E-state index contributed by atoms with van der Waals surface area (Å²) in [5.74, 6) is 0.187. The lowest BCUT2D eigenvalue weighted by Gasteiger charge is -2.16. The molecule has 1 aromatic carbocycles. The highest BCUT2D eigenvalue weighted by molar-refractivity contribution is 5.96. The first-order chi connectivity index (χ1) is 10.8. The van der Waals surface area contributed by atoms with Crippen LogP contribution < -0.4 is 10.8 Å². The molecule has 0 radical (unpaired) electrons. The number of benzene rings is 1. The summed E-state index contributed by atoms with van der Waals surface area (Å²) in [4.78, 5) is 20.4.